The Hall–Kier alpha value is -8.98. The first-order valence-corrected chi connectivity index (χ1v) is 24.4. The van der Waals surface area contributed by atoms with E-state index in [0.29, 0.717) is 0 Å². The Kier molecular flexibility index (Phi) is 8.24. The maximum absolute atomic E-state index is 2.53. The summed E-state index contributed by atoms with van der Waals surface area (Å²) >= 11 is 0. The standard InChI is InChI=1S/C68H44N2/c1-3-20-45(21-4-1)50-24-10-16-35-63(50)69(48-40-38-47(39-41-48)67(46-22-5-2-6-23-46)57-30-12-7-25-51(57)52-26-8-13-31-58(52)67)49-42-43-54-53-27-9-14-32-59(53)68(62(54)44-49)60-33-15-18-37-65(60)70-64-36-17-11-28-55(64)56-29-19-34-61(68)66(56)70/h1-44H. The summed E-state index contributed by atoms with van der Waals surface area (Å²) in [6.45, 7) is 0. The highest BCUT2D eigenvalue weighted by atomic mass is 15.1. The SMILES string of the molecule is c1ccc(-c2ccccc2N(c2ccc(C3(c4ccccc4)c4ccccc4-c4ccccc43)cc2)c2ccc3c(c2)C2(c4ccccc4-3)c3ccccc3-n3c4ccccc4c4cccc2c43)cc1. The molecule has 70 heavy (non-hydrogen) atoms. The number of rotatable bonds is 6. The second-order valence-electron chi connectivity index (χ2n) is 19.1. The van der Waals surface area contributed by atoms with Crippen molar-refractivity contribution in [2.75, 3.05) is 4.90 Å². The van der Waals surface area contributed by atoms with Crippen LogP contribution in [-0.2, 0) is 10.8 Å². The quantitative estimate of drug-likeness (QED) is 0.161. The molecule has 11 aromatic carbocycles. The molecule has 0 fully saturated rings. The minimum Gasteiger partial charge on any atom is -0.310 e. The van der Waals surface area contributed by atoms with E-state index in [2.05, 4.69) is 276 Å². The fourth-order valence-corrected chi connectivity index (χ4v) is 13.2. The van der Waals surface area contributed by atoms with E-state index in [9.17, 15) is 0 Å². The van der Waals surface area contributed by atoms with Gasteiger partial charge in [0.2, 0.25) is 0 Å². The third-order valence-corrected chi connectivity index (χ3v) is 15.9. The van der Waals surface area contributed by atoms with E-state index in [0.717, 1.165) is 17.1 Å². The van der Waals surface area contributed by atoms with Crippen LogP contribution in [0.1, 0.15) is 44.5 Å². The Morgan fingerprint density at radius 1 is 0.300 bits per heavy atom. The molecule has 0 radical (unpaired) electrons. The van der Waals surface area contributed by atoms with Gasteiger partial charge in [0, 0.05) is 27.7 Å². The Morgan fingerprint density at radius 3 is 1.51 bits per heavy atom. The zero-order valence-electron chi connectivity index (χ0n) is 38.3. The van der Waals surface area contributed by atoms with E-state index in [1.807, 2.05) is 0 Å². The summed E-state index contributed by atoms with van der Waals surface area (Å²) in [5.74, 6) is 0. The summed E-state index contributed by atoms with van der Waals surface area (Å²) in [6.07, 6.45) is 0. The molecular weight excluding hydrogens is 845 g/mol. The molecule has 0 bridgehead atoms. The summed E-state index contributed by atoms with van der Waals surface area (Å²) in [6, 6.07) is 99.8. The van der Waals surface area contributed by atoms with Gasteiger partial charge in [0.25, 0.3) is 0 Å². The fourth-order valence-electron chi connectivity index (χ4n) is 13.2. The molecule has 1 aliphatic heterocycles. The number of anilines is 3. The first-order chi connectivity index (χ1) is 34.8. The molecule has 2 heterocycles. The summed E-state index contributed by atoms with van der Waals surface area (Å²) in [5, 5.41) is 2.56. The molecule has 1 spiro atoms. The smallest absolute Gasteiger partial charge is 0.0755 e. The van der Waals surface area contributed by atoms with Crippen molar-refractivity contribution < 1.29 is 0 Å². The average Bonchev–Trinajstić information content (AvgIpc) is 4.04. The second-order valence-corrected chi connectivity index (χ2v) is 19.1. The van der Waals surface area contributed by atoms with Gasteiger partial charge in [-0.15, -0.1) is 0 Å². The second kappa shape index (κ2) is 14.8. The van der Waals surface area contributed by atoms with Crippen molar-refractivity contribution in [3.63, 3.8) is 0 Å². The molecule has 15 rings (SSSR count). The first-order valence-electron chi connectivity index (χ1n) is 24.4. The molecule has 1 atom stereocenters. The van der Waals surface area contributed by atoms with Gasteiger partial charge < -0.3 is 9.47 Å². The number of para-hydroxylation sites is 4. The van der Waals surface area contributed by atoms with E-state index in [-0.39, 0.29) is 0 Å². The van der Waals surface area contributed by atoms with Crippen LogP contribution in [-0.4, -0.2) is 4.57 Å². The van der Waals surface area contributed by atoms with Crippen molar-refractivity contribution in [2.45, 2.75) is 10.8 Å². The topological polar surface area (TPSA) is 8.17 Å². The van der Waals surface area contributed by atoms with Crippen LogP contribution in [0, 0.1) is 0 Å². The van der Waals surface area contributed by atoms with Crippen molar-refractivity contribution in [2.24, 2.45) is 0 Å². The van der Waals surface area contributed by atoms with Crippen molar-refractivity contribution >= 4 is 38.9 Å². The van der Waals surface area contributed by atoms with Gasteiger partial charge in [-0.1, -0.05) is 224 Å². The highest BCUT2D eigenvalue weighted by Crippen LogP contribution is 2.62. The van der Waals surface area contributed by atoms with Crippen LogP contribution in [0.2, 0.25) is 0 Å². The van der Waals surface area contributed by atoms with E-state index in [4.69, 9.17) is 0 Å². The highest BCUT2D eigenvalue weighted by Gasteiger charge is 2.51. The maximum atomic E-state index is 2.53. The molecular formula is C68H44N2. The van der Waals surface area contributed by atoms with Crippen molar-refractivity contribution in [1.29, 1.82) is 0 Å². The van der Waals surface area contributed by atoms with E-state index in [1.54, 1.807) is 0 Å². The van der Waals surface area contributed by atoms with Gasteiger partial charge in [0.15, 0.2) is 0 Å². The van der Waals surface area contributed by atoms with Crippen molar-refractivity contribution in [1.82, 2.24) is 4.57 Å². The molecule has 326 valence electrons. The summed E-state index contributed by atoms with van der Waals surface area (Å²) in [5.41, 5.74) is 23.8. The lowest BCUT2D eigenvalue weighted by atomic mass is 9.65. The van der Waals surface area contributed by atoms with E-state index >= 15 is 0 Å². The minimum atomic E-state index is -0.581. The van der Waals surface area contributed by atoms with Gasteiger partial charge in [-0.2, -0.15) is 0 Å². The number of fused-ring (bicyclic) bond motifs is 15. The van der Waals surface area contributed by atoms with Gasteiger partial charge >= 0.3 is 0 Å². The normalized spacial score (nSPS) is 15.3. The average molecular weight is 889 g/mol. The zero-order chi connectivity index (χ0) is 46.0. The molecule has 2 nitrogen and oxygen atoms in total. The third-order valence-electron chi connectivity index (χ3n) is 15.9. The summed E-state index contributed by atoms with van der Waals surface area (Å²) < 4.78 is 2.53. The van der Waals surface area contributed by atoms with Gasteiger partial charge in [-0.05, 0) is 115 Å². The van der Waals surface area contributed by atoms with Gasteiger partial charge in [0.1, 0.15) is 0 Å². The fraction of sp³-hybridized carbons (Fsp3) is 0.0294. The lowest BCUT2D eigenvalue weighted by molar-refractivity contribution is 0.748. The Labute approximate surface area is 407 Å². The van der Waals surface area contributed by atoms with Crippen LogP contribution in [0.25, 0.3) is 60.9 Å². The molecule has 2 aliphatic carbocycles. The Balaban J connectivity index is 0.995. The maximum Gasteiger partial charge on any atom is 0.0755 e. The molecule has 0 amide bonds. The van der Waals surface area contributed by atoms with Gasteiger partial charge in [-0.25, -0.2) is 0 Å². The predicted octanol–water partition coefficient (Wildman–Crippen LogP) is 17.0. The van der Waals surface area contributed by atoms with Gasteiger partial charge in [0.05, 0.1) is 33.2 Å². The number of hydrogen-bond donors (Lipinski definition) is 0. The number of nitrogens with zero attached hydrogens (tertiary/aromatic N) is 2. The van der Waals surface area contributed by atoms with Crippen LogP contribution in [0.4, 0.5) is 17.1 Å². The third kappa shape index (κ3) is 5.07. The predicted molar refractivity (Wildman–Crippen MR) is 289 cm³/mol. The summed E-state index contributed by atoms with van der Waals surface area (Å²) in [7, 11) is 0. The number of hydrogen-bond acceptors (Lipinski definition) is 1. The van der Waals surface area contributed by atoms with Gasteiger partial charge in [-0.3, -0.25) is 0 Å². The molecule has 12 aromatic rings. The van der Waals surface area contributed by atoms with Crippen LogP contribution < -0.4 is 4.90 Å². The van der Waals surface area contributed by atoms with Crippen molar-refractivity contribution in [3.8, 4) is 39.1 Å². The molecule has 1 unspecified atom stereocenters. The van der Waals surface area contributed by atoms with Crippen LogP contribution in [0.15, 0.2) is 267 Å². The lowest BCUT2D eigenvalue weighted by Crippen LogP contribution is -2.33. The minimum absolute atomic E-state index is 0.497. The Bertz CT molecular complexity index is 4020. The van der Waals surface area contributed by atoms with E-state index in [1.165, 1.54) is 105 Å². The first kappa shape index (κ1) is 39.1. The Morgan fingerprint density at radius 2 is 0.800 bits per heavy atom. The van der Waals surface area contributed by atoms with E-state index < -0.39 is 10.8 Å². The number of benzene rings is 11. The van der Waals surface area contributed by atoms with Crippen molar-refractivity contribution in [3.05, 3.63) is 311 Å². The zero-order valence-corrected chi connectivity index (χ0v) is 38.3. The van der Waals surface area contributed by atoms with Crippen LogP contribution in [0.3, 0.4) is 0 Å². The summed E-state index contributed by atoms with van der Waals surface area (Å²) in [4.78, 5) is 2.50. The van der Waals surface area contributed by atoms with Crippen LogP contribution in [0.5, 0.6) is 0 Å². The highest BCUT2D eigenvalue weighted by molar-refractivity contribution is 6.13. The molecule has 0 saturated heterocycles. The molecule has 1 aromatic heterocycles. The number of aromatic nitrogens is 1. The molecule has 0 N–H and O–H groups in total. The molecule has 3 aliphatic rings. The largest absolute Gasteiger partial charge is 0.310 e. The molecule has 2 heteroatoms. The molecule has 0 saturated carbocycles. The monoisotopic (exact) mass is 888 g/mol. The van der Waals surface area contributed by atoms with Crippen LogP contribution >= 0.6 is 0 Å². The lowest BCUT2D eigenvalue weighted by Gasteiger charge is -2.40.